The predicted octanol–water partition coefficient (Wildman–Crippen LogP) is 4.38. The molecule has 0 fully saturated rings. The zero-order valence-corrected chi connectivity index (χ0v) is 18.6. The van der Waals surface area contributed by atoms with Crippen molar-refractivity contribution in [3.63, 3.8) is 0 Å². The maximum absolute atomic E-state index is 12.5. The first-order chi connectivity index (χ1) is 14.3. The molecule has 0 aliphatic carbocycles. The second kappa shape index (κ2) is 11.3. The summed E-state index contributed by atoms with van der Waals surface area (Å²) in [4.78, 5) is 25.0. The van der Waals surface area contributed by atoms with Gasteiger partial charge < -0.3 is 15.4 Å². The molecule has 160 valence electrons. The van der Waals surface area contributed by atoms with Gasteiger partial charge in [-0.1, -0.05) is 32.9 Å². The lowest BCUT2D eigenvalue weighted by Crippen LogP contribution is -2.36. The summed E-state index contributed by atoms with van der Waals surface area (Å²) in [7, 11) is 0. The molecule has 0 radical (unpaired) electrons. The lowest BCUT2D eigenvalue weighted by molar-refractivity contribution is 0.0938. The molecule has 0 aliphatic rings. The molecule has 0 spiro atoms. The molecule has 30 heavy (non-hydrogen) atoms. The number of benzene rings is 2. The third kappa shape index (κ3) is 7.15. The van der Waals surface area contributed by atoms with E-state index in [9.17, 15) is 9.59 Å². The number of ether oxygens (including phenoxy) is 1. The SMILES string of the molecule is CCC(C)NC(=O)c1ccccc1NC(=S)NC(=O)c1ccc(OCC(C)C)cc1. The smallest absolute Gasteiger partial charge is 0.257 e. The fourth-order valence-electron chi connectivity index (χ4n) is 2.49. The Bertz CT molecular complexity index is 882. The topological polar surface area (TPSA) is 79.5 Å². The number of hydrogen-bond donors (Lipinski definition) is 3. The van der Waals surface area contributed by atoms with Crippen molar-refractivity contribution in [2.24, 2.45) is 5.92 Å². The van der Waals surface area contributed by atoms with Gasteiger partial charge in [0.05, 0.1) is 17.9 Å². The molecule has 0 saturated heterocycles. The van der Waals surface area contributed by atoms with Gasteiger partial charge in [-0.25, -0.2) is 0 Å². The highest BCUT2D eigenvalue weighted by molar-refractivity contribution is 7.80. The summed E-state index contributed by atoms with van der Waals surface area (Å²) in [6, 6.07) is 14.0. The van der Waals surface area contributed by atoms with Crippen molar-refractivity contribution in [2.45, 2.75) is 40.2 Å². The molecule has 0 heterocycles. The van der Waals surface area contributed by atoms with Gasteiger partial charge in [0.2, 0.25) is 0 Å². The Balaban J connectivity index is 1.99. The van der Waals surface area contributed by atoms with Gasteiger partial charge in [0.15, 0.2) is 5.11 Å². The maximum atomic E-state index is 12.5. The molecular formula is C23H29N3O3S. The average molecular weight is 428 g/mol. The van der Waals surface area contributed by atoms with Crippen LogP contribution < -0.4 is 20.7 Å². The average Bonchev–Trinajstić information content (AvgIpc) is 2.72. The largest absolute Gasteiger partial charge is 0.493 e. The number of hydrogen-bond acceptors (Lipinski definition) is 4. The van der Waals surface area contributed by atoms with E-state index in [1.54, 1.807) is 48.5 Å². The molecule has 2 aromatic carbocycles. The number of para-hydroxylation sites is 1. The summed E-state index contributed by atoms with van der Waals surface area (Å²) in [6.45, 7) is 8.70. The van der Waals surface area contributed by atoms with Crippen LogP contribution in [0.5, 0.6) is 5.75 Å². The predicted molar refractivity (Wildman–Crippen MR) is 124 cm³/mol. The molecule has 2 rings (SSSR count). The molecule has 0 aromatic heterocycles. The van der Waals surface area contributed by atoms with Crippen LogP contribution in [-0.4, -0.2) is 29.6 Å². The minimum atomic E-state index is -0.343. The highest BCUT2D eigenvalue weighted by atomic mass is 32.1. The number of carbonyl (C=O) groups excluding carboxylic acids is 2. The Labute approximate surface area is 183 Å². The quantitative estimate of drug-likeness (QED) is 0.545. The van der Waals surface area contributed by atoms with E-state index in [1.165, 1.54) is 0 Å². The van der Waals surface area contributed by atoms with Gasteiger partial charge in [-0.3, -0.25) is 14.9 Å². The van der Waals surface area contributed by atoms with Gasteiger partial charge in [-0.15, -0.1) is 0 Å². The van der Waals surface area contributed by atoms with E-state index < -0.39 is 0 Å². The van der Waals surface area contributed by atoms with Crippen LogP contribution in [0.15, 0.2) is 48.5 Å². The van der Waals surface area contributed by atoms with Crippen LogP contribution in [0, 0.1) is 5.92 Å². The number of anilines is 1. The lowest BCUT2D eigenvalue weighted by Gasteiger charge is -2.16. The van der Waals surface area contributed by atoms with Crippen LogP contribution >= 0.6 is 12.2 Å². The van der Waals surface area contributed by atoms with Crippen molar-refractivity contribution in [3.8, 4) is 5.75 Å². The number of rotatable bonds is 8. The van der Waals surface area contributed by atoms with Crippen molar-refractivity contribution in [1.82, 2.24) is 10.6 Å². The van der Waals surface area contributed by atoms with E-state index in [4.69, 9.17) is 17.0 Å². The van der Waals surface area contributed by atoms with Crippen molar-refractivity contribution in [1.29, 1.82) is 0 Å². The second-order valence-corrected chi connectivity index (χ2v) is 7.87. The molecule has 0 bridgehead atoms. The Morgan fingerprint density at radius 1 is 1.00 bits per heavy atom. The fourth-order valence-corrected chi connectivity index (χ4v) is 2.69. The van der Waals surface area contributed by atoms with Crippen LogP contribution in [0.3, 0.4) is 0 Å². The summed E-state index contributed by atoms with van der Waals surface area (Å²) >= 11 is 5.27. The molecule has 0 saturated carbocycles. The van der Waals surface area contributed by atoms with Gasteiger partial charge >= 0.3 is 0 Å². The van der Waals surface area contributed by atoms with Crippen molar-refractivity contribution in [3.05, 3.63) is 59.7 Å². The summed E-state index contributed by atoms with van der Waals surface area (Å²) in [5, 5.41) is 8.62. The Hall–Kier alpha value is -2.93. The van der Waals surface area contributed by atoms with E-state index in [2.05, 4.69) is 29.8 Å². The van der Waals surface area contributed by atoms with E-state index in [-0.39, 0.29) is 23.0 Å². The van der Waals surface area contributed by atoms with E-state index in [0.717, 1.165) is 6.42 Å². The van der Waals surface area contributed by atoms with E-state index in [1.807, 2.05) is 13.8 Å². The number of thiocarbonyl (C=S) groups is 1. The normalized spacial score (nSPS) is 11.5. The number of nitrogens with one attached hydrogen (secondary N) is 3. The highest BCUT2D eigenvalue weighted by Crippen LogP contribution is 2.16. The van der Waals surface area contributed by atoms with Gasteiger partial charge in [0.25, 0.3) is 11.8 Å². The first-order valence-electron chi connectivity index (χ1n) is 10.0. The maximum Gasteiger partial charge on any atom is 0.257 e. The molecule has 3 N–H and O–H groups in total. The highest BCUT2D eigenvalue weighted by Gasteiger charge is 2.15. The van der Waals surface area contributed by atoms with Gasteiger partial charge in [0.1, 0.15) is 5.75 Å². The van der Waals surface area contributed by atoms with Gasteiger partial charge in [-0.05, 0) is 67.9 Å². The van der Waals surface area contributed by atoms with E-state index in [0.29, 0.717) is 35.1 Å². The monoisotopic (exact) mass is 427 g/mol. The van der Waals surface area contributed by atoms with Crippen LogP contribution in [0.4, 0.5) is 5.69 Å². The summed E-state index contributed by atoms with van der Waals surface area (Å²) < 4.78 is 5.63. The Morgan fingerprint density at radius 3 is 2.30 bits per heavy atom. The molecule has 0 aliphatic heterocycles. The Kier molecular flexibility index (Phi) is 8.80. The van der Waals surface area contributed by atoms with Crippen LogP contribution in [0.2, 0.25) is 0 Å². The summed E-state index contributed by atoms with van der Waals surface area (Å²) in [5.74, 6) is 0.594. The molecule has 6 nitrogen and oxygen atoms in total. The van der Waals surface area contributed by atoms with Crippen LogP contribution in [0.25, 0.3) is 0 Å². The molecule has 1 unspecified atom stereocenters. The standard InChI is InChI=1S/C23H29N3O3S/c1-5-16(4)24-22(28)19-8-6-7-9-20(19)25-23(30)26-21(27)17-10-12-18(13-11-17)29-14-15(2)3/h6-13,15-16H,5,14H2,1-4H3,(H,24,28)(H2,25,26,27,30). The molecule has 2 amide bonds. The molecular weight excluding hydrogens is 398 g/mol. The molecule has 7 heteroatoms. The van der Waals surface area contributed by atoms with Crippen molar-refractivity contribution < 1.29 is 14.3 Å². The van der Waals surface area contributed by atoms with Gasteiger partial charge in [0, 0.05) is 11.6 Å². The first-order valence-corrected chi connectivity index (χ1v) is 10.5. The summed E-state index contributed by atoms with van der Waals surface area (Å²) in [5.41, 5.74) is 1.45. The number of amides is 2. The van der Waals surface area contributed by atoms with Crippen LogP contribution in [0.1, 0.15) is 54.8 Å². The summed E-state index contributed by atoms with van der Waals surface area (Å²) in [6.07, 6.45) is 0.830. The molecule has 2 aromatic rings. The van der Waals surface area contributed by atoms with Crippen LogP contribution in [-0.2, 0) is 0 Å². The minimum Gasteiger partial charge on any atom is -0.493 e. The zero-order valence-electron chi connectivity index (χ0n) is 17.8. The van der Waals surface area contributed by atoms with Crippen molar-refractivity contribution >= 4 is 34.8 Å². The van der Waals surface area contributed by atoms with E-state index >= 15 is 0 Å². The van der Waals surface area contributed by atoms with Crippen molar-refractivity contribution in [2.75, 3.05) is 11.9 Å². The third-order valence-electron chi connectivity index (χ3n) is 4.34. The second-order valence-electron chi connectivity index (χ2n) is 7.47. The minimum absolute atomic E-state index is 0.0599. The lowest BCUT2D eigenvalue weighted by atomic mass is 10.1. The first kappa shape index (κ1) is 23.3. The molecule has 1 atom stereocenters. The Morgan fingerprint density at radius 2 is 1.67 bits per heavy atom. The third-order valence-corrected chi connectivity index (χ3v) is 4.54. The van der Waals surface area contributed by atoms with Gasteiger partial charge in [-0.2, -0.15) is 0 Å². The zero-order chi connectivity index (χ0) is 22.1. The number of carbonyl (C=O) groups is 2. The fraction of sp³-hybridized carbons (Fsp3) is 0.348.